The van der Waals surface area contributed by atoms with Crippen LogP contribution in [-0.2, 0) is 9.84 Å². The van der Waals surface area contributed by atoms with Gasteiger partial charge in [0.1, 0.15) is 0 Å². The second-order valence-electron chi connectivity index (χ2n) is 4.51. The number of sulfone groups is 1. The number of carbonyl (C=O) groups is 1. The van der Waals surface area contributed by atoms with Crippen molar-refractivity contribution >= 4 is 21.3 Å². The molecule has 96 valence electrons. The summed E-state index contributed by atoms with van der Waals surface area (Å²) in [5.74, 6) is -0.121. The van der Waals surface area contributed by atoms with E-state index in [1.165, 1.54) is 18.2 Å². The first-order valence-corrected chi connectivity index (χ1v) is 7.61. The molecule has 5 heteroatoms. The second kappa shape index (κ2) is 4.57. The van der Waals surface area contributed by atoms with Crippen LogP contribution < -0.4 is 5.73 Å². The Morgan fingerprint density at radius 2 is 2.00 bits per heavy atom. The van der Waals surface area contributed by atoms with Gasteiger partial charge in [-0.1, -0.05) is 6.08 Å². The molecule has 0 fully saturated rings. The summed E-state index contributed by atoms with van der Waals surface area (Å²) in [6, 6.07) is 4.29. The smallest absolute Gasteiger partial charge is 0.188 e. The molecule has 0 atom stereocenters. The van der Waals surface area contributed by atoms with Gasteiger partial charge in [0.05, 0.1) is 4.90 Å². The summed E-state index contributed by atoms with van der Waals surface area (Å²) in [5.41, 5.74) is 7.05. The Bertz CT molecular complexity index is 630. The van der Waals surface area contributed by atoms with Crippen LogP contribution in [0.1, 0.15) is 29.6 Å². The van der Waals surface area contributed by atoms with Crippen molar-refractivity contribution in [2.24, 2.45) is 0 Å². The van der Waals surface area contributed by atoms with E-state index in [1.54, 1.807) is 0 Å². The number of rotatable bonds is 3. The lowest BCUT2D eigenvalue weighted by Gasteiger charge is -2.06. The number of anilines is 1. The highest BCUT2D eigenvalue weighted by atomic mass is 32.2. The molecule has 0 aliphatic heterocycles. The van der Waals surface area contributed by atoms with E-state index in [-0.39, 0.29) is 10.7 Å². The summed E-state index contributed by atoms with van der Waals surface area (Å²) in [6.07, 6.45) is 5.64. The van der Waals surface area contributed by atoms with Crippen molar-refractivity contribution in [3.05, 3.63) is 35.4 Å². The minimum Gasteiger partial charge on any atom is -0.399 e. The summed E-state index contributed by atoms with van der Waals surface area (Å²) in [6.45, 7) is 0. The number of benzene rings is 1. The quantitative estimate of drug-likeness (QED) is 0.669. The summed E-state index contributed by atoms with van der Waals surface area (Å²) in [4.78, 5) is 12.2. The second-order valence-corrected chi connectivity index (χ2v) is 6.53. The van der Waals surface area contributed by atoms with E-state index in [1.807, 2.05) is 6.08 Å². The Labute approximate surface area is 106 Å². The molecule has 1 aromatic rings. The molecule has 2 rings (SSSR count). The zero-order valence-electron chi connectivity index (χ0n) is 10.1. The molecular weight excluding hydrogens is 250 g/mol. The number of carbonyl (C=O) groups excluding carboxylic acids is 1. The molecule has 0 aromatic heterocycles. The van der Waals surface area contributed by atoms with Crippen LogP contribution in [0.3, 0.4) is 0 Å². The summed E-state index contributed by atoms with van der Waals surface area (Å²) < 4.78 is 23.0. The normalized spacial score (nSPS) is 15.5. The molecule has 0 bridgehead atoms. The van der Waals surface area contributed by atoms with Crippen molar-refractivity contribution < 1.29 is 13.2 Å². The summed E-state index contributed by atoms with van der Waals surface area (Å²) >= 11 is 0. The van der Waals surface area contributed by atoms with Crippen molar-refractivity contribution in [3.63, 3.8) is 0 Å². The fraction of sp³-hybridized carbons (Fsp3) is 0.308. The number of Topliss-reactive ketones (excluding diaryl/α,β-unsaturated/α-hetero) is 1. The highest BCUT2D eigenvalue weighted by molar-refractivity contribution is 7.90. The van der Waals surface area contributed by atoms with Crippen LogP contribution >= 0.6 is 0 Å². The lowest BCUT2D eigenvalue weighted by molar-refractivity contribution is 0.103. The van der Waals surface area contributed by atoms with Gasteiger partial charge in [-0.25, -0.2) is 8.42 Å². The molecular formula is C13H15NO3S. The first-order chi connectivity index (χ1) is 8.38. The molecule has 0 heterocycles. The Kier molecular flexibility index (Phi) is 3.26. The number of nitrogen functional groups attached to an aromatic ring is 1. The van der Waals surface area contributed by atoms with E-state index in [4.69, 9.17) is 5.73 Å². The number of hydrogen-bond donors (Lipinski definition) is 1. The molecule has 0 saturated heterocycles. The van der Waals surface area contributed by atoms with E-state index in [9.17, 15) is 13.2 Å². The number of allylic oxidation sites excluding steroid dienone is 2. The SMILES string of the molecule is CS(=O)(=O)c1cc(N)cc(C(=O)C2=CCCC2)c1. The fourth-order valence-corrected chi connectivity index (χ4v) is 2.72. The zero-order chi connectivity index (χ0) is 13.3. The van der Waals surface area contributed by atoms with Crippen molar-refractivity contribution in [2.75, 3.05) is 12.0 Å². The van der Waals surface area contributed by atoms with Gasteiger partial charge in [-0.15, -0.1) is 0 Å². The van der Waals surface area contributed by atoms with Gasteiger partial charge in [-0.3, -0.25) is 4.79 Å². The third-order valence-corrected chi connectivity index (χ3v) is 4.04. The highest BCUT2D eigenvalue weighted by Gasteiger charge is 2.18. The molecule has 0 unspecified atom stereocenters. The van der Waals surface area contributed by atoms with E-state index in [0.717, 1.165) is 31.1 Å². The topological polar surface area (TPSA) is 77.2 Å². The van der Waals surface area contributed by atoms with Gasteiger partial charge >= 0.3 is 0 Å². The lowest BCUT2D eigenvalue weighted by atomic mass is 10.0. The summed E-state index contributed by atoms with van der Waals surface area (Å²) in [5, 5.41) is 0. The van der Waals surface area contributed by atoms with Gasteiger partial charge in [-0.05, 0) is 43.0 Å². The predicted octanol–water partition coefficient (Wildman–Crippen LogP) is 1.97. The van der Waals surface area contributed by atoms with E-state index < -0.39 is 9.84 Å². The Hall–Kier alpha value is -1.62. The molecule has 1 aromatic carbocycles. The minimum absolute atomic E-state index is 0.0875. The van der Waals surface area contributed by atoms with Crippen LogP contribution in [0.4, 0.5) is 5.69 Å². The van der Waals surface area contributed by atoms with Crippen LogP contribution in [0.2, 0.25) is 0 Å². The molecule has 1 aliphatic carbocycles. The maximum Gasteiger partial charge on any atom is 0.188 e. The van der Waals surface area contributed by atoms with Gasteiger partial charge in [0.2, 0.25) is 0 Å². The molecule has 0 amide bonds. The monoisotopic (exact) mass is 265 g/mol. The van der Waals surface area contributed by atoms with Crippen molar-refractivity contribution in [1.82, 2.24) is 0 Å². The van der Waals surface area contributed by atoms with Gasteiger partial charge in [0.15, 0.2) is 15.6 Å². The van der Waals surface area contributed by atoms with Crippen LogP contribution in [0, 0.1) is 0 Å². The largest absolute Gasteiger partial charge is 0.399 e. The van der Waals surface area contributed by atoms with Crippen LogP contribution in [0.25, 0.3) is 0 Å². The number of hydrogen-bond acceptors (Lipinski definition) is 4. The third kappa shape index (κ3) is 2.61. The van der Waals surface area contributed by atoms with Crippen LogP contribution in [-0.4, -0.2) is 20.5 Å². The van der Waals surface area contributed by atoms with Crippen LogP contribution in [0.5, 0.6) is 0 Å². The van der Waals surface area contributed by atoms with Gasteiger partial charge in [0, 0.05) is 17.5 Å². The van der Waals surface area contributed by atoms with E-state index in [0.29, 0.717) is 11.3 Å². The van der Waals surface area contributed by atoms with Crippen molar-refractivity contribution in [1.29, 1.82) is 0 Å². The molecule has 0 radical (unpaired) electrons. The Morgan fingerprint density at radius 1 is 1.28 bits per heavy atom. The standard InChI is InChI=1S/C13H15NO3S/c1-18(16,17)12-7-10(6-11(14)8-12)13(15)9-4-2-3-5-9/h4,6-8H,2-3,5,14H2,1H3. The first-order valence-electron chi connectivity index (χ1n) is 5.72. The lowest BCUT2D eigenvalue weighted by Crippen LogP contribution is -2.06. The zero-order valence-corrected chi connectivity index (χ0v) is 11.0. The predicted molar refractivity (Wildman–Crippen MR) is 70.2 cm³/mol. The van der Waals surface area contributed by atoms with Gasteiger partial charge in [-0.2, -0.15) is 0 Å². The highest BCUT2D eigenvalue weighted by Crippen LogP contribution is 2.24. The van der Waals surface area contributed by atoms with Gasteiger partial charge < -0.3 is 5.73 Å². The van der Waals surface area contributed by atoms with E-state index >= 15 is 0 Å². The third-order valence-electron chi connectivity index (χ3n) is 2.95. The summed E-state index contributed by atoms with van der Waals surface area (Å²) in [7, 11) is -3.36. The maximum atomic E-state index is 12.2. The Balaban J connectivity index is 2.46. The van der Waals surface area contributed by atoms with Crippen LogP contribution in [0.15, 0.2) is 34.7 Å². The fourth-order valence-electron chi connectivity index (χ4n) is 2.03. The van der Waals surface area contributed by atoms with Crippen molar-refractivity contribution in [3.8, 4) is 0 Å². The molecule has 4 nitrogen and oxygen atoms in total. The average Bonchev–Trinajstić information content (AvgIpc) is 2.79. The molecule has 18 heavy (non-hydrogen) atoms. The number of ketones is 1. The Morgan fingerprint density at radius 3 is 2.56 bits per heavy atom. The number of nitrogens with two attached hydrogens (primary N) is 1. The van der Waals surface area contributed by atoms with Crippen molar-refractivity contribution in [2.45, 2.75) is 24.2 Å². The maximum absolute atomic E-state index is 12.2. The average molecular weight is 265 g/mol. The molecule has 2 N–H and O–H groups in total. The van der Waals surface area contributed by atoms with E-state index in [2.05, 4.69) is 0 Å². The first kappa shape index (κ1) is 12.8. The van der Waals surface area contributed by atoms with Gasteiger partial charge in [0.25, 0.3) is 0 Å². The molecule has 1 aliphatic rings. The molecule has 0 spiro atoms. The minimum atomic E-state index is -3.36. The molecule has 0 saturated carbocycles.